The SMILES string of the molecule is COc1cc(COCCNC(=O)OC(C)(C)C)cc2onc(N)c12. The topological polar surface area (TPSA) is 109 Å². The molecule has 0 aliphatic rings. The fraction of sp³-hybridized carbons (Fsp3) is 0.500. The van der Waals surface area contributed by atoms with Crippen LogP contribution in [-0.4, -0.2) is 37.1 Å². The van der Waals surface area contributed by atoms with Crippen molar-refractivity contribution in [3.05, 3.63) is 17.7 Å². The zero-order valence-electron chi connectivity index (χ0n) is 14.3. The number of nitrogen functional groups attached to an aromatic ring is 1. The van der Waals surface area contributed by atoms with Crippen molar-refractivity contribution in [2.45, 2.75) is 33.0 Å². The van der Waals surface area contributed by atoms with Gasteiger partial charge in [-0.1, -0.05) is 5.16 Å². The lowest BCUT2D eigenvalue weighted by molar-refractivity contribution is 0.0494. The van der Waals surface area contributed by atoms with E-state index in [2.05, 4.69) is 10.5 Å². The number of anilines is 1. The van der Waals surface area contributed by atoms with Crippen LogP contribution in [0.5, 0.6) is 5.75 Å². The number of hydrogen-bond acceptors (Lipinski definition) is 7. The molecule has 0 saturated heterocycles. The molecule has 0 aliphatic carbocycles. The van der Waals surface area contributed by atoms with Gasteiger partial charge in [-0.25, -0.2) is 4.79 Å². The van der Waals surface area contributed by atoms with Crippen LogP contribution in [0.3, 0.4) is 0 Å². The molecule has 0 aliphatic heterocycles. The summed E-state index contributed by atoms with van der Waals surface area (Å²) in [6.45, 7) is 6.46. The third-order valence-corrected chi connectivity index (χ3v) is 3.03. The van der Waals surface area contributed by atoms with Crippen molar-refractivity contribution in [1.29, 1.82) is 0 Å². The predicted octanol–water partition coefficient (Wildman–Crippen LogP) is 2.46. The van der Waals surface area contributed by atoms with Crippen molar-refractivity contribution in [1.82, 2.24) is 10.5 Å². The monoisotopic (exact) mass is 337 g/mol. The van der Waals surface area contributed by atoms with Crippen molar-refractivity contribution in [3.8, 4) is 5.75 Å². The lowest BCUT2D eigenvalue weighted by atomic mass is 10.1. The molecular weight excluding hydrogens is 314 g/mol. The summed E-state index contributed by atoms with van der Waals surface area (Å²) in [4.78, 5) is 11.5. The lowest BCUT2D eigenvalue weighted by Crippen LogP contribution is -2.34. The van der Waals surface area contributed by atoms with Crippen LogP contribution in [0.1, 0.15) is 26.3 Å². The number of nitrogens with one attached hydrogen (secondary N) is 1. The maximum atomic E-state index is 11.5. The first-order chi connectivity index (χ1) is 11.3. The Balaban J connectivity index is 1.83. The summed E-state index contributed by atoms with van der Waals surface area (Å²) in [6, 6.07) is 3.61. The normalized spacial score (nSPS) is 11.5. The summed E-state index contributed by atoms with van der Waals surface area (Å²) in [5.41, 5.74) is 6.62. The Hall–Kier alpha value is -2.48. The number of carbonyl (C=O) groups excluding carboxylic acids is 1. The molecule has 132 valence electrons. The van der Waals surface area contributed by atoms with Crippen LogP contribution >= 0.6 is 0 Å². The van der Waals surface area contributed by atoms with Gasteiger partial charge in [0.15, 0.2) is 11.4 Å². The van der Waals surface area contributed by atoms with Crippen molar-refractivity contribution in [2.24, 2.45) is 0 Å². The third kappa shape index (κ3) is 4.76. The number of amides is 1. The molecule has 0 radical (unpaired) electrons. The molecule has 1 heterocycles. The van der Waals surface area contributed by atoms with Crippen molar-refractivity contribution < 1.29 is 23.5 Å². The first kappa shape index (κ1) is 17.9. The molecule has 1 aromatic heterocycles. The number of carbonyl (C=O) groups is 1. The van der Waals surface area contributed by atoms with E-state index in [0.717, 1.165) is 5.56 Å². The number of benzene rings is 1. The molecule has 1 amide bonds. The molecule has 3 N–H and O–H groups in total. The van der Waals surface area contributed by atoms with Gasteiger partial charge in [0.1, 0.15) is 16.7 Å². The minimum atomic E-state index is -0.518. The lowest BCUT2D eigenvalue weighted by Gasteiger charge is -2.19. The Kier molecular flexibility index (Phi) is 5.50. The second-order valence-corrected chi connectivity index (χ2v) is 6.22. The van der Waals surface area contributed by atoms with E-state index in [1.54, 1.807) is 13.2 Å². The zero-order valence-corrected chi connectivity index (χ0v) is 14.3. The summed E-state index contributed by atoms with van der Waals surface area (Å²) < 4.78 is 21.1. The summed E-state index contributed by atoms with van der Waals surface area (Å²) in [7, 11) is 1.55. The molecule has 0 fully saturated rings. The summed E-state index contributed by atoms with van der Waals surface area (Å²) in [5, 5.41) is 7.00. The number of aromatic nitrogens is 1. The van der Waals surface area contributed by atoms with E-state index in [4.69, 9.17) is 24.5 Å². The molecule has 0 bridgehead atoms. The number of nitrogens with zero attached hydrogens (tertiary/aromatic N) is 1. The van der Waals surface area contributed by atoms with E-state index in [-0.39, 0.29) is 5.82 Å². The smallest absolute Gasteiger partial charge is 0.407 e. The molecule has 0 saturated carbocycles. The first-order valence-electron chi connectivity index (χ1n) is 7.56. The molecule has 0 spiro atoms. The summed E-state index contributed by atoms with van der Waals surface area (Å²) in [5.74, 6) is 0.868. The minimum absolute atomic E-state index is 0.288. The number of alkyl carbamates (subject to hydrolysis) is 1. The van der Waals surface area contributed by atoms with Crippen LogP contribution in [0.25, 0.3) is 11.0 Å². The van der Waals surface area contributed by atoms with Crippen molar-refractivity contribution >= 4 is 22.9 Å². The standard InChI is InChI=1S/C16H23N3O5/c1-16(2,3)23-15(20)18-5-6-22-9-10-7-11(21-4)13-12(8-10)24-19-14(13)17/h7-8H,5-6,9H2,1-4H3,(H2,17,19)(H,18,20). The van der Waals surface area contributed by atoms with Gasteiger partial charge in [0.2, 0.25) is 0 Å². The predicted molar refractivity (Wildman–Crippen MR) is 88.9 cm³/mol. The van der Waals surface area contributed by atoms with E-state index in [9.17, 15) is 4.79 Å². The Labute approximate surface area is 140 Å². The minimum Gasteiger partial charge on any atom is -0.496 e. The van der Waals surface area contributed by atoms with Crippen LogP contribution in [-0.2, 0) is 16.1 Å². The largest absolute Gasteiger partial charge is 0.496 e. The fourth-order valence-corrected chi connectivity index (χ4v) is 2.09. The zero-order chi connectivity index (χ0) is 17.7. The molecule has 2 rings (SSSR count). The number of ether oxygens (including phenoxy) is 3. The van der Waals surface area contributed by atoms with Gasteiger partial charge in [-0.3, -0.25) is 0 Å². The highest BCUT2D eigenvalue weighted by atomic mass is 16.6. The molecule has 2 aromatic rings. The highest BCUT2D eigenvalue weighted by molar-refractivity contribution is 5.93. The van der Waals surface area contributed by atoms with Gasteiger partial charge in [0, 0.05) is 6.54 Å². The van der Waals surface area contributed by atoms with Crippen LogP contribution in [0.2, 0.25) is 0 Å². The number of rotatable bonds is 6. The van der Waals surface area contributed by atoms with Crippen molar-refractivity contribution in [2.75, 3.05) is 26.0 Å². The third-order valence-electron chi connectivity index (χ3n) is 3.03. The second kappa shape index (κ2) is 7.39. The molecule has 8 nitrogen and oxygen atoms in total. The van der Waals surface area contributed by atoms with Gasteiger partial charge in [-0.15, -0.1) is 0 Å². The van der Waals surface area contributed by atoms with E-state index < -0.39 is 11.7 Å². The highest BCUT2D eigenvalue weighted by Gasteiger charge is 2.15. The van der Waals surface area contributed by atoms with Gasteiger partial charge in [0.05, 0.1) is 20.3 Å². The van der Waals surface area contributed by atoms with Crippen LogP contribution < -0.4 is 15.8 Å². The van der Waals surface area contributed by atoms with Gasteiger partial charge < -0.3 is 29.8 Å². The number of nitrogens with two attached hydrogens (primary N) is 1. The van der Waals surface area contributed by atoms with E-state index >= 15 is 0 Å². The quantitative estimate of drug-likeness (QED) is 0.779. The Morgan fingerprint density at radius 2 is 2.12 bits per heavy atom. The molecule has 24 heavy (non-hydrogen) atoms. The summed E-state index contributed by atoms with van der Waals surface area (Å²) in [6.07, 6.45) is -0.466. The van der Waals surface area contributed by atoms with Crippen LogP contribution in [0.15, 0.2) is 16.7 Å². The van der Waals surface area contributed by atoms with E-state index in [1.807, 2.05) is 26.8 Å². The number of fused-ring (bicyclic) bond motifs is 1. The number of methoxy groups -OCH3 is 1. The molecule has 1 aromatic carbocycles. The maximum absolute atomic E-state index is 11.5. The summed E-state index contributed by atoms with van der Waals surface area (Å²) >= 11 is 0. The Morgan fingerprint density at radius 3 is 2.79 bits per heavy atom. The fourth-order valence-electron chi connectivity index (χ4n) is 2.09. The molecule has 8 heteroatoms. The molecule has 0 atom stereocenters. The van der Waals surface area contributed by atoms with E-state index in [1.165, 1.54) is 0 Å². The maximum Gasteiger partial charge on any atom is 0.407 e. The highest BCUT2D eigenvalue weighted by Crippen LogP contribution is 2.32. The average Bonchev–Trinajstić information content (AvgIpc) is 2.86. The van der Waals surface area contributed by atoms with Crippen molar-refractivity contribution in [3.63, 3.8) is 0 Å². The Morgan fingerprint density at radius 1 is 1.38 bits per heavy atom. The van der Waals surface area contributed by atoms with Gasteiger partial charge in [-0.2, -0.15) is 0 Å². The van der Waals surface area contributed by atoms with Gasteiger partial charge in [0.25, 0.3) is 0 Å². The van der Waals surface area contributed by atoms with Crippen LogP contribution in [0, 0.1) is 0 Å². The molecular formula is C16H23N3O5. The van der Waals surface area contributed by atoms with Gasteiger partial charge in [-0.05, 0) is 38.5 Å². The van der Waals surface area contributed by atoms with Crippen LogP contribution in [0.4, 0.5) is 10.6 Å². The van der Waals surface area contributed by atoms with E-state index in [0.29, 0.717) is 36.5 Å². The van der Waals surface area contributed by atoms with Gasteiger partial charge >= 0.3 is 6.09 Å². The Bertz CT molecular complexity index is 706. The first-order valence-corrected chi connectivity index (χ1v) is 7.56. The average molecular weight is 337 g/mol. The number of hydrogen-bond donors (Lipinski definition) is 2. The molecule has 0 unspecified atom stereocenters. The second-order valence-electron chi connectivity index (χ2n) is 6.22.